The van der Waals surface area contributed by atoms with Gasteiger partial charge in [0, 0.05) is 11.3 Å². The van der Waals surface area contributed by atoms with Crippen LogP contribution in [-0.2, 0) is 0 Å². The first-order chi connectivity index (χ1) is 9.93. The number of ether oxygens (including phenoxy) is 1. The lowest BCUT2D eigenvalue weighted by Crippen LogP contribution is -2.31. The van der Waals surface area contributed by atoms with E-state index in [1.54, 1.807) is 0 Å². The lowest BCUT2D eigenvalue weighted by atomic mass is 9.91. The molecule has 1 heterocycles. The fourth-order valence-corrected chi connectivity index (χ4v) is 2.47. The molecule has 3 nitrogen and oxygen atoms in total. The van der Waals surface area contributed by atoms with E-state index in [4.69, 9.17) is 4.74 Å². The molecule has 0 radical (unpaired) electrons. The van der Waals surface area contributed by atoms with Crippen molar-refractivity contribution >= 4 is 28.6 Å². The van der Waals surface area contributed by atoms with Gasteiger partial charge in [0.25, 0.3) is 0 Å². The fourth-order valence-electron chi connectivity index (χ4n) is 2.47. The van der Waals surface area contributed by atoms with Gasteiger partial charge in [-0.1, -0.05) is 19.9 Å². The van der Waals surface area contributed by atoms with Gasteiger partial charge in [-0.25, -0.2) is 0 Å². The van der Waals surface area contributed by atoms with Crippen LogP contribution in [0.15, 0.2) is 24.3 Å². The largest absolute Gasteiger partial charge is 0.494 e. The summed E-state index contributed by atoms with van der Waals surface area (Å²) in [5.74, 6) is 0.940. The van der Waals surface area contributed by atoms with Crippen LogP contribution >= 0.6 is 0 Å². The predicted molar refractivity (Wildman–Crippen MR) is 103 cm³/mol. The van der Waals surface area contributed by atoms with Crippen molar-refractivity contribution in [3.63, 3.8) is 0 Å². The third-order valence-electron chi connectivity index (χ3n) is 3.26. The van der Waals surface area contributed by atoms with E-state index in [2.05, 4.69) is 63.5 Å². The molecule has 0 unspecified atom stereocenters. The standard InChI is InChI=1S/C14H19NO.C4H11N.Al.3H/c1-5-16-11-6-7-13-12(8-11)10(2)9-14(3,4)15-13;1-3-5-4-2;;;;/h6-9,15H,5H2,1-4H3;5H,3-4H2,1-2H3;;;;. The number of anilines is 1. The van der Waals surface area contributed by atoms with Gasteiger partial charge < -0.3 is 15.4 Å². The molecular formula is C18H33AlN2O. The molecule has 0 saturated carbocycles. The molecule has 0 atom stereocenters. The van der Waals surface area contributed by atoms with Crippen LogP contribution in [-0.4, -0.2) is 42.6 Å². The van der Waals surface area contributed by atoms with Crippen LogP contribution in [0.2, 0.25) is 0 Å². The topological polar surface area (TPSA) is 33.3 Å². The van der Waals surface area contributed by atoms with E-state index >= 15 is 0 Å². The summed E-state index contributed by atoms with van der Waals surface area (Å²) in [6.45, 7) is 15.6. The van der Waals surface area contributed by atoms with Crippen molar-refractivity contribution < 1.29 is 4.74 Å². The van der Waals surface area contributed by atoms with Gasteiger partial charge in [0.05, 0.1) is 12.1 Å². The van der Waals surface area contributed by atoms with Gasteiger partial charge in [-0.05, 0) is 64.6 Å². The highest BCUT2D eigenvalue weighted by atomic mass is 27.0. The smallest absolute Gasteiger partial charge is 0.187 e. The Kier molecular flexibility index (Phi) is 9.52. The van der Waals surface area contributed by atoms with Crippen LogP contribution in [0, 0.1) is 0 Å². The van der Waals surface area contributed by atoms with Crippen molar-refractivity contribution in [2.24, 2.45) is 0 Å². The molecule has 0 amide bonds. The average Bonchev–Trinajstić information content (AvgIpc) is 2.40. The maximum absolute atomic E-state index is 5.52. The number of fused-ring (bicyclic) bond motifs is 1. The molecule has 2 rings (SSSR count). The second kappa shape index (κ2) is 9.95. The molecule has 1 aliphatic heterocycles. The van der Waals surface area contributed by atoms with Gasteiger partial charge in [-0.15, -0.1) is 0 Å². The Morgan fingerprint density at radius 1 is 1.14 bits per heavy atom. The van der Waals surface area contributed by atoms with Crippen LogP contribution in [0.3, 0.4) is 0 Å². The lowest BCUT2D eigenvalue weighted by Gasteiger charge is -2.31. The molecule has 0 fully saturated rings. The third kappa shape index (κ3) is 6.44. The Hall–Kier alpha value is -0.948. The second-order valence-corrected chi connectivity index (χ2v) is 5.77. The van der Waals surface area contributed by atoms with Crippen molar-refractivity contribution in [2.45, 2.75) is 47.1 Å². The molecule has 4 heteroatoms. The molecule has 0 bridgehead atoms. The highest BCUT2D eigenvalue weighted by molar-refractivity contribution is 5.80. The number of hydrogen-bond donors (Lipinski definition) is 2. The summed E-state index contributed by atoms with van der Waals surface area (Å²) in [5.41, 5.74) is 3.77. The minimum Gasteiger partial charge on any atom is -0.494 e. The first kappa shape index (κ1) is 21.1. The first-order valence-electron chi connectivity index (χ1n) is 7.89. The summed E-state index contributed by atoms with van der Waals surface area (Å²) in [7, 11) is 0. The SMILES string of the molecule is CCNCC.CCOc1ccc2c(c1)C(C)=CC(C)(C)N2.[AlH3]. The third-order valence-corrected chi connectivity index (χ3v) is 3.26. The average molecular weight is 320 g/mol. The molecule has 1 aromatic rings. The number of nitrogens with one attached hydrogen (secondary N) is 2. The number of hydrogen-bond acceptors (Lipinski definition) is 3. The van der Waals surface area contributed by atoms with Crippen LogP contribution < -0.4 is 15.4 Å². The van der Waals surface area contributed by atoms with Crippen LogP contribution in [0.5, 0.6) is 5.75 Å². The Bertz CT molecular complexity index is 482. The molecule has 0 aliphatic carbocycles. The molecule has 0 aromatic heterocycles. The maximum Gasteiger partial charge on any atom is 0.187 e. The van der Waals surface area contributed by atoms with E-state index in [-0.39, 0.29) is 22.9 Å². The highest BCUT2D eigenvalue weighted by Gasteiger charge is 2.22. The van der Waals surface area contributed by atoms with Gasteiger partial charge in [0.2, 0.25) is 0 Å². The minimum absolute atomic E-state index is 0. The Morgan fingerprint density at radius 2 is 1.77 bits per heavy atom. The van der Waals surface area contributed by atoms with E-state index in [9.17, 15) is 0 Å². The van der Waals surface area contributed by atoms with Gasteiger partial charge in [0.1, 0.15) is 5.75 Å². The van der Waals surface area contributed by atoms with E-state index < -0.39 is 0 Å². The summed E-state index contributed by atoms with van der Waals surface area (Å²) in [6.07, 6.45) is 2.26. The highest BCUT2D eigenvalue weighted by Crippen LogP contribution is 2.35. The lowest BCUT2D eigenvalue weighted by molar-refractivity contribution is 0.340. The zero-order valence-corrected chi connectivity index (χ0v) is 14.3. The van der Waals surface area contributed by atoms with Crippen molar-refractivity contribution in [3.8, 4) is 5.75 Å². The van der Waals surface area contributed by atoms with Crippen LogP contribution in [0.1, 0.15) is 47.1 Å². The summed E-state index contributed by atoms with van der Waals surface area (Å²) in [6, 6.07) is 6.22. The predicted octanol–water partition coefficient (Wildman–Crippen LogP) is 3.12. The zero-order chi connectivity index (χ0) is 15.9. The molecule has 22 heavy (non-hydrogen) atoms. The Labute approximate surface area is 146 Å². The normalized spacial score (nSPS) is 14.4. The van der Waals surface area contributed by atoms with Crippen molar-refractivity contribution in [3.05, 3.63) is 29.8 Å². The van der Waals surface area contributed by atoms with Gasteiger partial charge >= 0.3 is 0 Å². The maximum atomic E-state index is 5.52. The zero-order valence-electron chi connectivity index (χ0n) is 14.3. The van der Waals surface area contributed by atoms with E-state index in [0.29, 0.717) is 6.61 Å². The van der Waals surface area contributed by atoms with Crippen LogP contribution in [0.4, 0.5) is 5.69 Å². The summed E-state index contributed by atoms with van der Waals surface area (Å²) in [5, 5.41) is 6.62. The Balaban J connectivity index is 0.000000644. The Morgan fingerprint density at radius 3 is 2.27 bits per heavy atom. The monoisotopic (exact) mass is 320 g/mol. The number of allylic oxidation sites excluding steroid dienone is 1. The van der Waals surface area contributed by atoms with Gasteiger partial charge in [-0.2, -0.15) is 0 Å². The molecule has 2 N–H and O–H groups in total. The van der Waals surface area contributed by atoms with E-state index in [1.807, 2.05) is 13.0 Å². The molecule has 124 valence electrons. The molecule has 0 spiro atoms. The second-order valence-electron chi connectivity index (χ2n) is 5.77. The molecule has 1 aliphatic rings. The first-order valence-corrected chi connectivity index (χ1v) is 7.89. The van der Waals surface area contributed by atoms with E-state index in [1.165, 1.54) is 16.8 Å². The molecule has 1 aromatic carbocycles. The number of benzene rings is 1. The van der Waals surface area contributed by atoms with Gasteiger partial charge in [0.15, 0.2) is 17.4 Å². The minimum atomic E-state index is 0. The quantitative estimate of drug-likeness (QED) is 0.836. The summed E-state index contributed by atoms with van der Waals surface area (Å²) in [4.78, 5) is 0. The number of rotatable bonds is 4. The van der Waals surface area contributed by atoms with Gasteiger partial charge in [-0.3, -0.25) is 0 Å². The molecule has 0 saturated heterocycles. The van der Waals surface area contributed by atoms with Crippen LogP contribution in [0.25, 0.3) is 5.57 Å². The fraction of sp³-hybridized carbons (Fsp3) is 0.556. The summed E-state index contributed by atoms with van der Waals surface area (Å²) < 4.78 is 5.52. The van der Waals surface area contributed by atoms with E-state index in [0.717, 1.165) is 18.8 Å². The summed E-state index contributed by atoms with van der Waals surface area (Å²) >= 11 is 0. The van der Waals surface area contributed by atoms with Crippen molar-refractivity contribution in [2.75, 3.05) is 25.0 Å². The van der Waals surface area contributed by atoms with Crippen molar-refractivity contribution in [1.29, 1.82) is 0 Å². The molecular weight excluding hydrogens is 287 g/mol. The van der Waals surface area contributed by atoms with Crippen molar-refractivity contribution in [1.82, 2.24) is 5.32 Å².